The van der Waals surface area contributed by atoms with Crippen LogP contribution in [0.25, 0.3) is 0 Å². The summed E-state index contributed by atoms with van der Waals surface area (Å²) in [5.74, 6) is 0.782. The number of carbonyl (C=O) groups excluding carboxylic acids is 2. The van der Waals surface area contributed by atoms with E-state index in [1.807, 2.05) is 38.1 Å². The Morgan fingerprint density at radius 1 is 1.19 bits per heavy atom. The minimum absolute atomic E-state index is 0. The molecule has 0 saturated heterocycles. The molecule has 2 rings (SSSR count). The van der Waals surface area contributed by atoms with Crippen molar-refractivity contribution in [3.05, 3.63) is 29.8 Å². The van der Waals surface area contributed by atoms with Crippen molar-refractivity contribution < 1.29 is 9.59 Å². The van der Waals surface area contributed by atoms with E-state index in [-0.39, 0.29) is 41.7 Å². The first kappa shape index (κ1) is 23.2. The Hall–Kier alpha value is -1.84. The zero-order valence-electron chi connectivity index (χ0n) is 16.0. The summed E-state index contributed by atoms with van der Waals surface area (Å²) >= 11 is 0. The highest BCUT2D eigenvalue weighted by Gasteiger charge is 2.24. The zero-order valence-corrected chi connectivity index (χ0v) is 18.3. The predicted molar refractivity (Wildman–Crippen MR) is 120 cm³/mol. The third-order valence-corrected chi connectivity index (χ3v) is 4.14. The van der Waals surface area contributed by atoms with Crippen molar-refractivity contribution >= 4 is 47.4 Å². The molecule has 0 spiro atoms. The van der Waals surface area contributed by atoms with Crippen LogP contribution in [0.1, 0.15) is 44.6 Å². The van der Waals surface area contributed by atoms with Crippen LogP contribution in [0.5, 0.6) is 0 Å². The lowest BCUT2D eigenvalue weighted by Crippen LogP contribution is -2.39. The van der Waals surface area contributed by atoms with Gasteiger partial charge in [-0.3, -0.25) is 14.6 Å². The highest BCUT2D eigenvalue weighted by molar-refractivity contribution is 14.0. The lowest BCUT2D eigenvalue weighted by molar-refractivity contribution is -0.121. The second-order valence-corrected chi connectivity index (χ2v) is 6.28. The molecule has 1 aromatic rings. The Morgan fingerprint density at radius 3 is 2.70 bits per heavy atom. The molecule has 0 aromatic heterocycles. The standard InChI is InChI=1S/C19H29N5O2.HI/c1-3-10-21-17(25)9-11-22-19(20-4-2)23-13-14-12-18(26)24-16-8-6-5-7-15(14)16;/h5-8,14H,3-4,9-13H2,1-2H3,(H,21,25)(H,24,26)(H2,20,22,23);1H. The summed E-state index contributed by atoms with van der Waals surface area (Å²) in [6, 6.07) is 7.85. The van der Waals surface area contributed by atoms with Crippen LogP contribution >= 0.6 is 24.0 Å². The van der Waals surface area contributed by atoms with Gasteiger partial charge in [-0.05, 0) is 25.0 Å². The van der Waals surface area contributed by atoms with E-state index in [4.69, 9.17) is 0 Å². The lowest BCUT2D eigenvalue weighted by atomic mass is 9.91. The Morgan fingerprint density at radius 2 is 1.96 bits per heavy atom. The van der Waals surface area contributed by atoms with Gasteiger partial charge in [0, 0.05) is 44.1 Å². The maximum atomic E-state index is 11.9. The molecule has 4 N–H and O–H groups in total. The van der Waals surface area contributed by atoms with E-state index in [1.165, 1.54) is 0 Å². The molecule has 1 aliphatic rings. The van der Waals surface area contributed by atoms with Gasteiger partial charge in [0.25, 0.3) is 0 Å². The zero-order chi connectivity index (χ0) is 18.8. The summed E-state index contributed by atoms with van der Waals surface area (Å²) < 4.78 is 0. The molecule has 1 heterocycles. The summed E-state index contributed by atoms with van der Waals surface area (Å²) in [5.41, 5.74) is 1.99. The molecule has 1 aromatic carbocycles. The topological polar surface area (TPSA) is 94.6 Å². The number of halogens is 1. The van der Waals surface area contributed by atoms with Crippen molar-refractivity contribution in [1.82, 2.24) is 16.0 Å². The number of nitrogens with one attached hydrogen (secondary N) is 4. The van der Waals surface area contributed by atoms with Crippen LogP contribution in [0.15, 0.2) is 29.3 Å². The second-order valence-electron chi connectivity index (χ2n) is 6.28. The molecule has 0 saturated carbocycles. The molecule has 27 heavy (non-hydrogen) atoms. The summed E-state index contributed by atoms with van der Waals surface area (Å²) in [5, 5.41) is 12.1. The number of aliphatic imine (C=N–C) groups is 1. The van der Waals surface area contributed by atoms with Gasteiger partial charge < -0.3 is 21.3 Å². The summed E-state index contributed by atoms with van der Waals surface area (Å²) in [7, 11) is 0. The lowest BCUT2D eigenvalue weighted by Gasteiger charge is -2.24. The fourth-order valence-electron chi connectivity index (χ4n) is 2.86. The first-order chi connectivity index (χ1) is 12.6. The van der Waals surface area contributed by atoms with Crippen LogP contribution in [0.4, 0.5) is 5.69 Å². The smallest absolute Gasteiger partial charge is 0.225 e. The average Bonchev–Trinajstić information content (AvgIpc) is 2.64. The van der Waals surface area contributed by atoms with E-state index < -0.39 is 0 Å². The third-order valence-electron chi connectivity index (χ3n) is 4.14. The third kappa shape index (κ3) is 7.74. The van der Waals surface area contributed by atoms with Crippen molar-refractivity contribution in [3.8, 4) is 0 Å². The van der Waals surface area contributed by atoms with Crippen LogP contribution in [0, 0.1) is 0 Å². The van der Waals surface area contributed by atoms with Crippen molar-refractivity contribution in [3.63, 3.8) is 0 Å². The fraction of sp³-hybridized carbons (Fsp3) is 0.526. The van der Waals surface area contributed by atoms with Crippen molar-refractivity contribution in [2.45, 2.75) is 39.0 Å². The van der Waals surface area contributed by atoms with Gasteiger partial charge in [0.05, 0.1) is 6.54 Å². The maximum Gasteiger partial charge on any atom is 0.225 e. The number of amides is 2. The van der Waals surface area contributed by atoms with E-state index in [0.29, 0.717) is 38.4 Å². The molecule has 1 aliphatic heterocycles. The van der Waals surface area contributed by atoms with Gasteiger partial charge in [-0.1, -0.05) is 25.1 Å². The van der Waals surface area contributed by atoms with Crippen molar-refractivity contribution in [1.29, 1.82) is 0 Å². The number of guanidine groups is 1. The highest BCUT2D eigenvalue weighted by Crippen LogP contribution is 2.31. The number of fused-ring (bicyclic) bond motifs is 1. The average molecular weight is 487 g/mol. The van der Waals surface area contributed by atoms with Gasteiger partial charge in [-0.25, -0.2) is 0 Å². The van der Waals surface area contributed by atoms with E-state index in [1.54, 1.807) is 0 Å². The number of hydrogen-bond donors (Lipinski definition) is 4. The quantitative estimate of drug-likeness (QED) is 0.257. The number of anilines is 1. The van der Waals surface area contributed by atoms with Crippen LogP contribution in [-0.4, -0.2) is 44.0 Å². The molecular formula is C19H30IN5O2. The molecule has 0 bridgehead atoms. The number of nitrogens with zero attached hydrogens (tertiary/aromatic N) is 1. The molecule has 0 aliphatic carbocycles. The molecular weight excluding hydrogens is 457 g/mol. The van der Waals surface area contributed by atoms with Crippen molar-refractivity contribution in [2.24, 2.45) is 4.99 Å². The van der Waals surface area contributed by atoms with Gasteiger partial charge in [0.15, 0.2) is 5.96 Å². The second kappa shape index (κ2) is 12.5. The molecule has 0 fully saturated rings. The largest absolute Gasteiger partial charge is 0.357 e. The number of hydrogen-bond acceptors (Lipinski definition) is 3. The SMILES string of the molecule is CCCNC(=O)CCNC(=NCC1CC(=O)Nc2ccccc21)NCC.I. The van der Waals surface area contributed by atoms with Gasteiger partial charge in [-0.2, -0.15) is 0 Å². The summed E-state index contributed by atoms with van der Waals surface area (Å²) in [6.07, 6.45) is 1.76. The monoisotopic (exact) mass is 487 g/mol. The van der Waals surface area contributed by atoms with Crippen LogP contribution < -0.4 is 21.3 Å². The number of benzene rings is 1. The summed E-state index contributed by atoms with van der Waals surface area (Å²) in [6.45, 7) is 6.49. The normalized spacial score (nSPS) is 15.9. The molecule has 1 unspecified atom stereocenters. The van der Waals surface area contributed by atoms with E-state index in [9.17, 15) is 9.59 Å². The van der Waals surface area contributed by atoms with E-state index in [0.717, 1.165) is 24.2 Å². The van der Waals surface area contributed by atoms with Gasteiger partial charge in [0.1, 0.15) is 0 Å². The molecule has 2 amide bonds. The number of rotatable bonds is 8. The Balaban J connectivity index is 0.00000364. The van der Waals surface area contributed by atoms with Gasteiger partial charge >= 0.3 is 0 Å². The predicted octanol–water partition coefficient (Wildman–Crippen LogP) is 2.20. The Labute approximate surface area is 178 Å². The summed E-state index contributed by atoms with van der Waals surface area (Å²) in [4.78, 5) is 28.2. The Kier molecular flexibility index (Phi) is 10.8. The van der Waals surface area contributed by atoms with Crippen LogP contribution in [0.2, 0.25) is 0 Å². The molecule has 7 nitrogen and oxygen atoms in total. The number of para-hydroxylation sites is 1. The first-order valence-electron chi connectivity index (χ1n) is 9.31. The minimum Gasteiger partial charge on any atom is -0.357 e. The fourth-order valence-corrected chi connectivity index (χ4v) is 2.86. The van der Waals surface area contributed by atoms with Gasteiger partial charge in [0.2, 0.25) is 11.8 Å². The number of carbonyl (C=O) groups is 2. The van der Waals surface area contributed by atoms with Crippen molar-refractivity contribution in [2.75, 3.05) is 31.5 Å². The molecule has 0 radical (unpaired) electrons. The maximum absolute atomic E-state index is 11.9. The van der Waals surface area contributed by atoms with E-state index >= 15 is 0 Å². The Bertz CT molecular complexity index is 651. The molecule has 1 atom stereocenters. The van der Waals surface area contributed by atoms with Crippen LogP contribution in [-0.2, 0) is 9.59 Å². The van der Waals surface area contributed by atoms with Gasteiger partial charge in [-0.15, -0.1) is 24.0 Å². The van der Waals surface area contributed by atoms with E-state index in [2.05, 4.69) is 26.3 Å². The van der Waals surface area contributed by atoms with Crippen LogP contribution in [0.3, 0.4) is 0 Å². The first-order valence-corrected chi connectivity index (χ1v) is 9.31. The highest BCUT2D eigenvalue weighted by atomic mass is 127. The molecule has 8 heteroatoms. The molecule has 150 valence electrons. The minimum atomic E-state index is 0.